The fraction of sp³-hybridized carbons (Fsp3) is 0.667. The number of halogens is 2. The van der Waals surface area contributed by atoms with Crippen molar-refractivity contribution in [1.82, 2.24) is 15.0 Å². The van der Waals surface area contributed by atoms with E-state index in [9.17, 15) is 0 Å². The van der Waals surface area contributed by atoms with Crippen LogP contribution < -0.4 is 5.32 Å². The van der Waals surface area contributed by atoms with Gasteiger partial charge in [-0.25, -0.2) is 0 Å². The van der Waals surface area contributed by atoms with Crippen molar-refractivity contribution in [2.45, 2.75) is 25.4 Å². The van der Waals surface area contributed by atoms with Crippen LogP contribution in [0.2, 0.25) is 10.6 Å². The van der Waals surface area contributed by atoms with Crippen molar-refractivity contribution in [1.29, 1.82) is 0 Å². The Bertz CT molecular complexity index is 337. The topological polar surface area (TPSA) is 59.9 Å². The van der Waals surface area contributed by atoms with Gasteiger partial charge in [-0.05, 0) is 42.5 Å². The summed E-state index contributed by atoms with van der Waals surface area (Å²) in [5, 5.41) is 3.22. The lowest BCUT2D eigenvalue weighted by atomic mass is 10.1. The maximum Gasteiger partial charge on any atom is 0.228 e. The molecule has 1 saturated heterocycles. The van der Waals surface area contributed by atoms with Crippen LogP contribution in [0.4, 0.5) is 5.95 Å². The zero-order chi connectivity index (χ0) is 11.4. The molecule has 1 aliphatic heterocycles. The van der Waals surface area contributed by atoms with E-state index in [4.69, 9.17) is 27.9 Å². The minimum atomic E-state index is 0.0899. The number of nitrogens with one attached hydrogen (secondary N) is 1. The highest BCUT2D eigenvalue weighted by molar-refractivity contribution is 6.31. The number of hydrogen-bond donors (Lipinski definition) is 1. The quantitative estimate of drug-likeness (QED) is 0.905. The molecule has 1 N–H and O–H groups in total. The molecule has 0 bridgehead atoms. The minimum absolute atomic E-state index is 0.0899. The summed E-state index contributed by atoms with van der Waals surface area (Å²) in [5.41, 5.74) is 0. The molecule has 0 spiro atoms. The summed E-state index contributed by atoms with van der Waals surface area (Å²) in [7, 11) is 0. The lowest BCUT2D eigenvalue weighted by Gasteiger charge is -2.22. The van der Waals surface area contributed by atoms with Crippen LogP contribution in [0.1, 0.15) is 19.3 Å². The van der Waals surface area contributed by atoms with Crippen LogP contribution >= 0.6 is 23.2 Å². The second kappa shape index (κ2) is 5.61. The summed E-state index contributed by atoms with van der Waals surface area (Å²) >= 11 is 11.3. The summed E-state index contributed by atoms with van der Waals surface area (Å²) < 4.78 is 5.56. The molecule has 1 fully saturated rings. The first kappa shape index (κ1) is 11.8. The van der Waals surface area contributed by atoms with Crippen LogP contribution in [-0.4, -0.2) is 34.2 Å². The fourth-order valence-corrected chi connectivity index (χ4v) is 1.94. The summed E-state index contributed by atoms with van der Waals surface area (Å²) in [6.45, 7) is 1.49. The molecule has 7 heteroatoms. The van der Waals surface area contributed by atoms with Crippen LogP contribution in [0.3, 0.4) is 0 Å². The molecule has 2 rings (SSSR count). The van der Waals surface area contributed by atoms with Crippen molar-refractivity contribution < 1.29 is 4.74 Å². The summed E-state index contributed by atoms with van der Waals surface area (Å²) in [5.74, 6) is 0.388. The lowest BCUT2D eigenvalue weighted by molar-refractivity contribution is 0.0246. The third kappa shape index (κ3) is 3.43. The fourth-order valence-electron chi connectivity index (χ4n) is 1.58. The smallest absolute Gasteiger partial charge is 0.228 e. The van der Waals surface area contributed by atoms with E-state index in [-0.39, 0.29) is 16.7 Å². The Labute approximate surface area is 104 Å². The lowest BCUT2D eigenvalue weighted by Crippen LogP contribution is -2.27. The van der Waals surface area contributed by atoms with Gasteiger partial charge in [0.05, 0.1) is 6.10 Å². The van der Waals surface area contributed by atoms with Crippen molar-refractivity contribution in [2.24, 2.45) is 0 Å². The first-order valence-electron chi connectivity index (χ1n) is 5.16. The van der Waals surface area contributed by atoms with Gasteiger partial charge in [0, 0.05) is 13.2 Å². The largest absolute Gasteiger partial charge is 0.376 e. The number of rotatable bonds is 3. The Hall–Kier alpha value is -0.650. The maximum atomic E-state index is 5.65. The van der Waals surface area contributed by atoms with Gasteiger partial charge in [0.15, 0.2) is 0 Å². The van der Waals surface area contributed by atoms with E-state index in [1.165, 1.54) is 6.42 Å². The van der Waals surface area contributed by atoms with Gasteiger partial charge >= 0.3 is 0 Å². The SMILES string of the molecule is Clc1nc(Cl)nc(NCC2CCCCO2)n1. The summed E-state index contributed by atoms with van der Waals surface area (Å²) in [6.07, 6.45) is 3.60. The molecule has 1 atom stereocenters. The minimum Gasteiger partial charge on any atom is -0.376 e. The summed E-state index contributed by atoms with van der Waals surface area (Å²) in [6, 6.07) is 0. The standard InChI is InChI=1S/C9H12Cl2N4O/c10-7-13-8(11)15-9(14-7)12-5-6-3-1-2-4-16-6/h6H,1-5H2,(H,12,13,14,15). The Kier molecular flexibility index (Phi) is 4.15. The van der Waals surface area contributed by atoms with E-state index >= 15 is 0 Å². The average Bonchev–Trinajstić information content (AvgIpc) is 2.27. The second-order valence-electron chi connectivity index (χ2n) is 3.57. The van der Waals surface area contributed by atoms with Crippen molar-refractivity contribution >= 4 is 29.2 Å². The van der Waals surface area contributed by atoms with Crippen LogP contribution in [0.25, 0.3) is 0 Å². The van der Waals surface area contributed by atoms with Gasteiger partial charge in [-0.3, -0.25) is 0 Å². The molecule has 0 saturated carbocycles. The van der Waals surface area contributed by atoms with E-state index in [0.717, 1.165) is 19.4 Å². The van der Waals surface area contributed by atoms with E-state index in [0.29, 0.717) is 12.5 Å². The third-order valence-electron chi connectivity index (χ3n) is 2.34. The zero-order valence-corrected chi connectivity index (χ0v) is 10.1. The summed E-state index contributed by atoms with van der Waals surface area (Å²) in [4.78, 5) is 11.5. The molecule has 2 heterocycles. The molecule has 5 nitrogen and oxygen atoms in total. The monoisotopic (exact) mass is 262 g/mol. The molecule has 0 amide bonds. The molecular weight excluding hydrogens is 251 g/mol. The number of aromatic nitrogens is 3. The van der Waals surface area contributed by atoms with Crippen molar-refractivity contribution in [2.75, 3.05) is 18.5 Å². The highest BCUT2D eigenvalue weighted by Gasteiger charge is 2.14. The number of ether oxygens (including phenoxy) is 1. The van der Waals surface area contributed by atoms with E-state index in [1.54, 1.807) is 0 Å². The van der Waals surface area contributed by atoms with Gasteiger partial charge in [0.1, 0.15) is 0 Å². The predicted molar refractivity (Wildman–Crippen MR) is 61.9 cm³/mol. The van der Waals surface area contributed by atoms with E-state index in [2.05, 4.69) is 20.3 Å². The predicted octanol–water partition coefficient (Wildman–Crippen LogP) is 2.16. The molecular formula is C9H12Cl2N4O. The maximum absolute atomic E-state index is 5.65. The number of anilines is 1. The van der Waals surface area contributed by atoms with Crippen LogP contribution in [-0.2, 0) is 4.74 Å². The van der Waals surface area contributed by atoms with Gasteiger partial charge in [-0.1, -0.05) is 0 Å². The molecule has 0 aliphatic carbocycles. The Balaban J connectivity index is 1.88. The Morgan fingerprint density at radius 2 is 1.94 bits per heavy atom. The number of nitrogens with zero attached hydrogens (tertiary/aromatic N) is 3. The highest BCUT2D eigenvalue weighted by atomic mass is 35.5. The van der Waals surface area contributed by atoms with E-state index < -0.39 is 0 Å². The zero-order valence-electron chi connectivity index (χ0n) is 8.62. The molecule has 88 valence electrons. The average molecular weight is 263 g/mol. The van der Waals surface area contributed by atoms with Gasteiger partial charge in [-0.15, -0.1) is 0 Å². The van der Waals surface area contributed by atoms with Crippen LogP contribution in [0.5, 0.6) is 0 Å². The van der Waals surface area contributed by atoms with Gasteiger partial charge in [0.2, 0.25) is 16.5 Å². The first-order valence-corrected chi connectivity index (χ1v) is 5.92. The molecule has 1 aliphatic rings. The van der Waals surface area contributed by atoms with Gasteiger partial charge in [-0.2, -0.15) is 15.0 Å². The van der Waals surface area contributed by atoms with Crippen molar-refractivity contribution in [3.05, 3.63) is 10.6 Å². The molecule has 1 aromatic heterocycles. The Morgan fingerprint density at radius 3 is 2.56 bits per heavy atom. The van der Waals surface area contributed by atoms with Gasteiger partial charge < -0.3 is 10.1 Å². The highest BCUT2D eigenvalue weighted by Crippen LogP contribution is 2.14. The second-order valence-corrected chi connectivity index (χ2v) is 4.24. The Morgan fingerprint density at radius 1 is 1.19 bits per heavy atom. The van der Waals surface area contributed by atoms with Crippen molar-refractivity contribution in [3.63, 3.8) is 0 Å². The van der Waals surface area contributed by atoms with Crippen LogP contribution in [0, 0.1) is 0 Å². The first-order chi connectivity index (χ1) is 7.74. The van der Waals surface area contributed by atoms with Crippen LogP contribution in [0.15, 0.2) is 0 Å². The molecule has 1 aromatic rings. The molecule has 0 radical (unpaired) electrons. The molecule has 0 aromatic carbocycles. The molecule has 1 unspecified atom stereocenters. The number of hydrogen-bond acceptors (Lipinski definition) is 5. The normalized spacial score (nSPS) is 20.8. The van der Waals surface area contributed by atoms with E-state index in [1.807, 2.05) is 0 Å². The molecule has 16 heavy (non-hydrogen) atoms. The van der Waals surface area contributed by atoms with Crippen molar-refractivity contribution in [3.8, 4) is 0 Å². The van der Waals surface area contributed by atoms with Gasteiger partial charge in [0.25, 0.3) is 0 Å². The third-order valence-corrected chi connectivity index (χ3v) is 2.68.